The molecule has 12 heavy (non-hydrogen) atoms. The van der Waals surface area contributed by atoms with E-state index in [4.69, 9.17) is 10.6 Å². The molecule has 0 aliphatic rings. The van der Waals surface area contributed by atoms with Gasteiger partial charge in [-0.1, -0.05) is 0 Å². The molecule has 0 unspecified atom stereocenters. The van der Waals surface area contributed by atoms with Gasteiger partial charge in [-0.15, -0.1) is 0 Å². The largest absolute Gasteiger partial charge is 0.460 e. The molecule has 4 heteroatoms. The molecule has 72 valence electrons. The number of hydrogen-bond donors (Lipinski definition) is 1. The van der Waals surface area contributed by atoms with Crippen LogP contribution >= 0.6 is 0 Å². The van der Waals surface area contributed by atoms with Gasteiger partial charge in [-0.05, 0) is 27.2 Å². The molecule has 0 bridgehead atoms. The fourth-order valence-corrected chi connectivity index (χ4v) is 0.692. The van der Waals surface area contributed by atoms with Gasteiger partial charge in [-0.25, -0.2) is 5.90 Å². The van der Waals surface area contributed by atoms with E-state index in [2.05, 4.69) is 4.84 Å². The zero-order valence-electron chi connectivity index (χ0n) is 7.92. The van der Waals surface area contributed by atoms with Crippen LogP contribution in [0.1, 0.15) is 33.6 Å². The third-order valence-corrected chi connectivity index (χ3v) is 1.06. The summed E-state index contributed by atoms with van der Waals surface area (Å²) in [5, 5.41) is 0. The molecule has 0 fully saturated rings. The van der Waals surface area contributed by atoms with Gasteiger partial charge < -0.3 is 9.57 Å². The van der Waals surface area contributed by atoms with Crippen molar-refractivity contribution in [2.24, 2.45) is 5.90 Å². The molecule has 0 aromatic heterocycles. The van der Waals surface area contributed by atoms with Gasteiger partial charge in [0.1, 0.15) is 5.60 Å². The van der Waals surface area contributed by atoms with Crippen molar-refractivity contribution in [1.82, 2.24) is 0 Å². The Bertz CT molecular complexity index is 140. The number of carbonyl (C=O) groups is 1. The molecule has 0 aliphatic heterocycles. The van der Waals surface area contributed by atoms with E-state index in [0.29, 0.717) is 19.4 Å². The monoisotopic (exact) mass is 175 g/mol. The average Bonchev–Trinajstić information content (AvgIpc) is 1.84. The summed E-state index contributed by atoms with van der Waals surface area (Å²) < 4.78 is 5.05. The Balaban J connectivity index is 3.47. The number of esters is 1. The van der Waals surface area contributed by atoms with Gasteiger partial charge in [0.05, 0.1) is 6.61 Å². The van der Waals surface area contributed by atoms with E-state index in [9.17, 15) is 4.79 Å². The standard InChI is InChI=1S/C8H17NO3/c1-8(2,3)12-7(10)5-4-6-11-9/h4-6,9H2,1-3H3. The normalized spacial score (nSPS) is 11.3. The van der Waals surface area contributed by atoms with Crippen LogP contribution in [0.3, 0.4) is 0 Å². The minimum absolute atomic E-state index is 0.209. The highest BCUT2D eigenvalue weighted by Gasteiger charge is 2.15. The summed E-state index contributed by atoms with van der Waals surface area (Å²) in [6.45, 7) is 5.90. The Hall–Kier alpha value is -0.610. The Morgan fingerprint density at radius 2 is 2.00 bits per heavy atom. The van der Waals surface area contributed by atoms with E-state index in [1.807, 2.05) is 20.8 Å². The SMILES string of the molecule is CC(C)(C)OC(=O)CCCON. The van der Waals surface area contributed by atoms with Crippen LogP contribution in [0, 0.1) is 0 Å². The second-order valence-electron chi connectivity index (χ2n) is 3.56. The lowest BCUT2D eigenvalue weighted by Crippen LogP contribution is -2.23. The first-order valence-electron chi connectivity index (χ1n) is 3.99. The van der Waals surface area contributed by atoms with Gasteiger partial charge in [0.15, 0.2) is 0 Å². The van der Waals surface area contributed by atoms with Crippen molar-refractivity contribution < 1.29 is 14.4 Å². The second kappa shape index (κ2) is 5.11. The first-order valence-corrected chi connectivity index (χ1v) is 3.99. The van der Waals surface area contributed by atoms with E-state index in [1.54, 1.807) is 0 Å². The third-order valence-electron chi connectivity index (χ3n) is 1.06. The molecular formula is C8H17NO3. The summed E-state index contributed by atoms with van der Waals surface area (Å²) in [6, 6.07) is 0. The first kappa shape index (κ1) is 11.4. The lowest BCUT2D eigenvalue weighted by molar-refractivity contribution is -0.155. The van der Waals surface area contributed by atoms with Crippen LogP contribution in [-0.4, -0.2) is 18.2 Å². The number of hydrogen-bond acceptors (Lipinski definition) is 4. The Morgan fingerprint density at radius 3 is 2.42 bits per heavy atom. The van der Waals surface area contributed by atoms with Crippen LogP contribution in [0.15, 0.2) is 0 Å². The van der Waals surface area contributed by atoms with Gasteiger partial charge in [-0.2, -0.15) is 0 Å². The van der Waals surface area contributed by atoms with E-state index in [-0.39, 0.29) is 5.97 Å². The topological polar surface area (TPSA) is 61.5 Å². The lowest BCUT2D eigenvalue weighted by atomic mass is 10.2. The lowest BCUT2D eigenvalue weighted by Gasteiger charge is -2.19. The fourth-order valence-electron chi connectivity index (χ4n) is 0.692. The first-order chi connectivity index (χ1) is 5.45. The number of carbonyl (C=O) groups excluding carboxylic acids is 1. The molecule has 0 saturated carbocycles. The Morgan fingerprint density at radius 1 is 1.42 bits per heavy atom. The number of ether oxygens (including phenoxy) is 1. The van der Waals surface area contributed by atoms with Crippen LogP contribution in [0.2, 0.25) is 0 Å². The molecule has 0 aromatic carbocycles. The molecule has 0 amide bonds. The molecule has 0 heterocycles. The van der Waals surface area contributed by atoms with Crippen molar-refractivity contribution >= 4 is 5.97 Å². The number of nitrogens with two attached hydrogens (primary N) is 1. The van der Waals surface area contributed by atoms with E-state index in [0.717, 1.165) is 0 Å². The van der Waals surface area contributed by atoms with Crippen molar-refractivity contribution in [1.29, 1.82) is 0 Å². The molecule has 0 radical (unpaired) electrons. The highest BCUT2D eigenvalue weighted by Crippen LogP contribution is 2.08. The van der Waals surface area contributed by atoms with Gasteiger partial charge in [0.25, 0.3) is 0 Å². The zero-order chi connectivity index (χ0) is 9.61. The number of rotatable bonds is 4. The minimum atomic E-state index is -0.402. The van der Waals surface area contributed by atoms with Crippen LogP contribution in [0.4, 0.5) is 0 Å². The van der Waals surface area contributed by atoms with Crippen LogP contribution in [0.25, 0.3) is 0 Å². The van der Waals surface area contributed by atoms with Gasteiger partial charge >= 0.3 is 5.97 Å². The van der Waals surface area contributed by atoms with E-state index >= 15 is 0 Å². The van der Waals surface area contributed by atoms with Crippen LogP contribution < -0.4 is 5.90 Å². The van der Waals surface area contributed by atoms with Crippen molar-refractivity contribution in [2.45, 2.75) is 39.2 Å². The maximum Gasteiger partial charge on any atom is 0.306 e. The molecule has 0 atom stereocenters. The van der Waals surface area contributed by atoms with E-state index in [1.165, 1.54) is 0 Å². The predicted octanol–water partition coefficient (Wildman–Crippen LogP) is 0.999. The van der Waals surface area contributed by atoms with Crippen molar-refractivity contribution in [3.05, 3.63) is 0 Å². The van der Waals surface area contributed by atoms with Gasteiger partial charge in [0, 0.05) is 6.42 Å². The summed E-state index contributed by atoms with van der Waals surface area (Å²) >= 11 is 0. The molecule has 0 spiro atoms. The Kier molecular flexibility index (Phi) is 4.85. The molecule has 0 aromatic rings. The molecule has 2 N–H and O–H groups in total. The van der Waals surface area contributed by atoms with Crippen molar-refractivity contribution in [3.8, 4) is 0 Å². The predicted molar refractivity (Wildman–Crippen MR) is 45.2 cm³/mol. The second-order valence-corrected chi connectivity index (χ2v) is 3.56. The van der Waals surface area contributed by atoms with Crippen LogP contribution in [0.5, 0.6) is 0 Å². The summed E-state index contributed by atoms with van der Waals surface area (Å²) in [6.07, 6.45) is 0.958. The summed E-state index contributed by atoms with van der Waals surface area (Å²) in [4.78, 5) is 15.3. The summed E-state index contributed by atoms with van der Waals surface area (Å²) in [5.41, 5.74) is -0.402. The fraction of sp³-hybridized carbons (Fsp3) is 0.875. The van der Waals surface area contributed by atoms with E-state index < -0.39 is 5.60 Å². The highest BCUT2D eigenvalue weighted by atomic mass is 16.6. The molecular weight excluding hydrogens is 158 g/mol. The molecule has 0 rings (SSSR count). The molecule has 0 aliphatic carbocycles. The maximum atomic E-state index is 11.0. The average molecular weight is 175 g/mol. The third kappa shape index (κ3) is 7.50. The molecule has 4 nitrogen and oxygen atoms in total. The van der Waals surface area contributed by atoms with Crippen molar-refractivity contribution in [3.63, 3.8) is 0 Å². The molecule has 0 saturated heterocycles. The minimum Gasteiger partial charge on any atom is -0.460 e. The van der Waals surface area contributed by atoms with Crippen molar-refractivity contribution in [2.75, 3.05) is 6.61 Å². The summed E-state index contributed by atoms with van der Waals surface area (Å²) in [5.74, 6) is 4.58. The maximum absolute atomic E-state index is 11.0. The highest BCUT2D eigenvalue weighted by molar-refractivity contribution is 5.69. The zero-order valence-corrected chi connectivity index (χ0v) is 7.92. The smallest absolute Gasteiger partial charge is 0.306 e. The van der Waals surface area contributed by atoms with Crippen LogP contribution in [-0.2, 0) is 14.4 Å². The van der Waals surface area contributed by atoms with Gasteiger partial charge in [-0.3, -0.25) is 4.79 Å². The Labute approximate surface area is 73.0 Å². The summed E-state index contributed by atoms with van der Waals surface area (Å²) in [7, 11) is 0. The van der Waals surface area contributed by atoms with Gasteiger partial charge in [0.2, 0.25) is 0 Å². The quantitative estimate of drug-likeness (QED) is 0.393.